The molecule has 0 heterocycles. The number of hydrogen-bond donors (Lipinski definition) is 1. The Labute approximate surface area is 199 Å². The van der Waals surface area contributed by atoms with Crippen LogP contribution >= 0.6 is 0 Å². The highest BCUT2D eigenvalue weighted by Crippen LogP contribution is 2.37. The van der Waals surface area contributed by atoms with Gasteiger partial charge >= 0.3 is 0 Å². The van der Waals surface area contributed by atoms with Gasteiger partial charge in [-0.15, -0.1) is 6.58 Å². The lowest BCUT2D eigenvalue weighted by atomic mass is 10.1. The van der Waals surface area contributed by atoms with E-state index in [9.17, 15) is 5.11 Å². The minimum Gasteiger partial charge on any atom is -0.407 e. The Balaban J connectivity index is 1.80. The van der Waals surface area contributed by atoms with Gasteiger partial charge in [-0.1, -0.05) is 118 Å². The Morgan fingerprint density at radius 3 is 1.76 bits per heavy atom. The van der Waals surface area contributed by atoms with Crippen molar-refractivity contribution in [2.75, 3.05) is 13.2 Å². The molecule has 0 aliphatic carbocycles. The second-order valence-corrected chi connectivity index (χ2v) is 13.7. The Kier molecular flexibility index (Phi) is 8.81. The average molecular weight is 461 g/mol. The molecule has 3 rings (SSSR count). The number of benzene rings is 3. The van der Waals surface area contributed by atoms with Crippen molar-refractivity contribution >= 4 is 18.7 Å². The highest BCUT2D eigenvalue weighted by molar-refractivity contribution is 6.99. The summed E-state index contributed by atoms with van der Waals surface area (Å²) >= 11 is 0. The molecule has 0 amide bonds. The summed E-state index contributed by atoms with van der Waals surface area (Å²) < 4.78 is 12.7. The predicted molar refractivity (Wildman–Crippen MR) is 139 cm³/mol. The van der Waals surface area contributed by atoms with E-state index in [0.29, 0.717) is 13.2 Å². The van der Waals surface area contributed by atoms with Gasteiger partial charge in [-0.05, 0) is 21.0 Å². The number of aliphatic hydroxyl groups is 1. The van der Waals surface area contributed by atoms with Crippen molar-refractivity contribution < 1.29 is 14.3 Å². The van der Waals surface area contributed by atoms with Gasteiger partial charge in [0.1, 0.15) is 0 Å². The van der Waals surface area contributed by atoms with E-state index >= 15 is 0 Å². The molecule has 0 bridgehead atoms. The van der Waals surface area contributed by atoms with Gasteiger partial charge in [0, 0.05) is 12.5 Å². The molecule has 0 spiro atoms. The number of ether oxygens (including phenoxy) is 1. The lowest BCUT2D eigenvalue weighted by Crippen LogP contribution is -2.67. The van der Waals surface area contributed by atoms with Crippen molar-refractivity contribution in [1.82, 2.24) is 0 Å². The van der Waals surface area contributed by atoms with E-state index in [2.05, 4.69) is 75.9 Å². The van der Waals surface area contributed by atoms with Crippen LogP contribution in [0.25, 0.3) is 0 Å². The summed E-state index contributed by atoms with van der Waals surface area (Å²) in [5.41, 5.74) is 1.09. The molecule has 4 heteroatoms. The van der Waals surface area contributed by atoms with Crippen molar-refractivity contribution in [3.8, 4) is 0 Å². The van der Waals surface area contributed by atoms with Gasteiger partial charge < -0.3 is 14.3 Å². The third-order valence-corrected chi connectivity index (χ3v) is 11.1. The molecule has 33 heavy (non-hydrogen) atoms. The van der Waals surface area contributed by atoms with Crippen LogP contribution in [-0.2, 0) is 15.8 Å². The Morgan fingerprint density at radius 2 is 1.30 bits per heavy atom. The minimum absolute atomic E-state index is 0.115. The summed E-state index contributed by atoms with van der Waals surface area (Å²) in [5.74, 6) is -0.234. The van der Waals surface area contributed by atoms with E-state index in [1.807, 2.05) is 42.5 Å². The van der Waals surface area contributed by atoms with Gasteiger partial charge in [-0.25, -0.2) is 0 Å². The fourth-order valence-electron chi connectivity index (χ4n) is 4.31. The zero-order valence-electron chi connectivity index (χ0n) is 20.0. The van der Waals surface area contributed by atoms with Crippen molar-refractivity contribution in [2.45, 2.75) is 38.5 Å². The van der Waals surface area contributed by atoms with Crippen molar-refractivity contribution in [3.63, 3.8) is 0 Å². The first-order chi connectivity index (χ1) is 15.9. The summed E-state index contributed by atoms with van der Waals surface area (Å²) in [6.07, 6.45) is 1.10. The molecule has 174 valence electrons. The van der Waals surface area contributed by atoms with Gasteiger partial charge in [0.15, 0.2) is 0 Å². The zero-order valence-corrected chi connectivity index (χ0v) is 21.0. The summed E-state index contributed by atoms with van der Waals surface area (Å²) in [6.45, 7) is 11.8. The molecule has 0 saturated carbocycles. The molecular weight excluding hydrogens is 424 g/mol. The lowest BCUT2D eigenvalue weighted by molar-refractivity contribution is -0.00177. The van der Waals surface area contributed by atoms with Gasteiger partial charge in [0.25, 0.3) is 8.32 Å². The van der Waals surface area contributed by atoms with Crippen LogP contribution in [0.5, 0.6) is 0 Å². The molecule has 0 fully saturated rings. The predicted octanol–water partition coefficient (Wildman–Crippen LogP) is 4.94. The first kappa shape index (κ1) is 25.1. The van der Waals surface area contributed by atoms with Crippen LogP contribution in [0.4, 0.5) is 0 Å². The summed E-state index contributed by atoms with van der Waals surface area (Å²) in [6, 6.07) is 31.1. The maximum Gasteiger partial charge on any atom is 0.261 e. The topological polar surface area (TPSA) is 38.7 Å². The Morgan fingerprint density at radius 1 is 0.818 bits per heavy atom. The van der Waals surface area contributed by atoms with Gasteiger partial charge in [-0.2, -0.15) is 0 Å². The van der Waals surface area contributed by atoms with Crippen molar-refractivity contribution in [1.29, 1.82) is 0 Å². The summed E-state index contributed by atoms with van der Waals surface area (Å²) in [4.78, 5) is 0. The average Bonchev–Trinajstić information content (AvgIpc) is 2.83. The standard InChI is InChI=1S/C29H36O3Si/c1-5-25(28(30)23-31-21-24-15-9-6-10-16-24)22-32-33(29(2,3)4,26-17-11-7-12-18-26)27-19-13-8-14-20-27/h5-20,25,28,30H,1,21-23H2,2-4H3/t25-,28-/m1/s1. The molecule has 3 nitrogen and oxygen atoms in total. The SMILES string of the molecule is C=C[C@H](CO[Si](c1ccccc1)(c1ccccc1)C(C)(C)C)[C@H](O)COCc1ccccc1. The summed E-state index contributed by atoms with van der Waals surface area (Å²) in [7, 11) is -2.66. The quantitative estimate of drug-likeness (QED) is 0.325. The van der Waals surface area contributed by atoms with Crippen LogP contribution in [-0.4, -0.2) is 32.7 Å². The van der Waals surface area contributed by atoms with Crippen LogP contribution in [0.1, 0.15) is 26.3 Å². The molecule has 0 radical (unpaired) electrons. The van der Waals surface area contributed by atoms with Crippen LogP contribution in [0.2, 0.25) is 5.04 Å². The molecule has 3 aromatic carbocycles. The van der Waals surface area contributed by atoms with Crippen LogP contribution in [0.3, 0.4) is 0 Å². The van der Waals surface area contributed by atoms with Crippen LogP contribution in [0.15, 0.2) is 104 Å². The fraction of sp³-hybridized carbons (Fsp3) is 0.310. The second-order valence-electron chi connectivity index (χ2n) is 9.44. The van der Waals surface area contributed by atoms with E-state index in [-0.39, 0.29) is 17.6 Å². The van der Waals surface area contributed by atoms with E-state index in [1.54, 1.807) is 6.08 Å². The number of hydrogen-bond acceptors (Lipinski definition) is 3. The van der Waals surface area contributed by atoms with Crippen molar-refractivity contribution in [2.24, 2.45) is 5.92 Å². The molecule has 0 aliphatic heterocycles. The third-order valence-electron chi connectivity index (χ3n) is 6.11. The molecule has 0 unspecified atom stereocenters. The van der Waals surface area contributed by atoms with Gasteiger partial charge in [-0.3, -0.25) is 0 Å². The highest BCUT2D eigenvalue weighted by Gasteiger charge is 2.50. The second kappa shape index (κ2) is 11.6. The van der Waals surface area contributed by atoms with E-state index in [4.69, 9.17) is 9.16 Å². The zero-order chi connectivity index (χ0) is 23.7. The third kappa shape index (κ3) is 6.09. The van der Waals surface area contributed by atoms with Gasteiger partial charge in [0.05, 0.1) is 19.3 Å². The van der Waals surface area contributed by atoms with Crippen molar-refractivity contribution in [3.05, 3.63) is 109 Å². The fourth-order valence-corrected chi connectivity index (χ4v) is 8.91. The van der Waals surface area contributed by atoms with E-state index in [1.165, 1.54) is 10.4 Å². The maximum atomic E-state index is 10.9. The molecular formula is C29H36O3Si. The number of rotatable bonds is 11. The molecule has 0 aromatic heterocycles. The number of aliphatic hydroxyl groups excluding tert-OH is 1. The van der Waals surface area contributed by atoms with Gasteiger partial charge in [0.2, 0.25) is 0 Å². The normalized spacial score (nSPS) is 13.9. The maximum absolute atomic E-state index is 10.9. The Hall–Kier alpha value is -2.50. The molecule has 1 N–H and O–H groups in total. The summed E-state index contributed by atoms with van der Waals surface area (Å²) in [5, 5.41) is 13.2. The van der Waals surface area contributed by atoms with Crippen LogP contribution < -0.4 is 10.4 Å². The first-order valence-electron chi connectivity index (χ1n) is 11.6. The molecule has 0 aliphatic rings. The molecule has 0 saturated heterocycles. The lowest BCUT2D eigenvalue weighted by Gasteiger charge is -2.43. The van der Waals surface area contributed by atoms with Crippen LogP contribution in [0, 0.1) is 5.92 Å². The Bertz CT molecular complexity index is 929. The molecule has 3 aromatic rings. The molecule has 2 atom stereocenters. The van der Waals surface area contributed by atoms with E-state index in [0.717, 1.165) is 5.56 Å². The minimum atomic E-state index is -2.66. The van der Waals surface area contributed by atoms with E-state index < -0.39 is 14.4 Å². The largest absolute Gasteiger partial charge is 0.407 e. The first-order valence-corrected chi connectivity index (χ1v) is 13.5. The highest BCUT2D eigenvalue weighted by atomic mass is 28.4. The smallest absolute Gasteiger partial charge is 0.261 e. The monoisotopic (exact) mass is 460 g/mol.